The molecule has 2 atom stereocenters. The molecule has 1 unspecified atom stereocenters. The highest BCUT2D eigenvalue weighted by molar-refractivity contribution is 6.03. The number of benzene rings is 2. The average molecular weight is 785 g/mol. The number of aliphatic imine (C=N–C) groups is 2. The van der Waals surface area contributed by atoms with Gasteiger partial charge in [0.25, 0.3) is 0 Å². The molecule has 3 aromatic rings. The number of carbonyl (C=O) groups excluding carboxylic acids is 3. The Morgan fingerprint density at radius 1 is 1.07 bits per heavy atom. The Kier molecular flexibility index (Phi) is 14.8. The van der Waals surface area contributed by atoms with Crippen LogP contribution in [0.25, 0.3) is 0 Å². The Morgan fingerprint density at radius 2 is 1.79 bits per heavy atom. The summed E-state index contributed by atoms with van der Waals surface area (Å²) in [5, 5.41) is 4.48. The van der Waals surface area contributed by atoms with Crippen LogP contribution in [-0.2, 0) is 28.5 Å². The highest BCUT2D eigenvalue weighted by Crippen LogP contribution is 2.36. The van der Waals surface area contributed by atoms with Crippen LogP contribution < -0.4 is 31.0 Å². The SMILES string of the molecule is C=C(C)COC(=O)N=C(N)c1ccc(N[C@H](c2cc(OC)cc(OCCOC(C)=O)c2F)C2N=C(OCOC(=O)OC(C)(C)CF)N(c3ncccn3)N2)cc1. The lowest BCUT2D eigenvalue weighted by atomic mass is 10.0. The highest BCUT2D eigenvalue weighted by atomic mass is 19.1. The van der Waals surface area contributed by atoms with Gasteiger partial charge in [-0.2, -0.15) is 15.4 Å². The van der Waals surface area contributed by atoms with Crippen LogP contribution in [0.2, 0.25) is 0 Å². The fourth-order valence-electron chi connectivity index (χ4n) is 4.61. The van der Waals surface area contributed by atoms with Crippen molar-refractivity contribution in [1.29, 1.82) is 0 Å². The number of aromatic nitrogens is 2. The molecule has 1 aliphatic heterocycles. The molecule has 56 heavy (non-hydrogen) atoms. The number of nitrogens with zero attached hydrogens (tertiary/aromatic N) is 5. The third-order valence-corrected chi connectivity index (χ3v) is 7.23. The van der Waals surface area contributed by atoms with Gasteiger partial charge >= 0.3 is 24.2 Å². The van der Waals surface area contributed by atoms with Crippen LogP contribution in [0.4, 0.5) is 30.0 Å². The Balaban J connectivity index is 1.70. The summed E-state index contributed by atoms with van der Waals surface area (Å²) < 4.78 is 66.3. The van der Waals surface area contributed by atoms with Crippen molar-refractivity contribution < 1.29 is 56.3 Å². The predicted molar refractivity (Wildman–Crippen MR) is 197 cm³/mol. The molecule has 18 nitrogen and oxygen atoms in total. The van der Waals surface area contributed by atoms with E-state index in [2.05, 4.69) is 37.3 Å². The summed E-state index contributed by atoms with van der Waals surface area (Å²) in [5.74, 6) is -1.43. The van der Waals surface area contributed by atoms with Gasteiger partial charge in [0.05, 0.1) is 13.2 Å². The van der Waals surface area contributed by atoms with E-state index in [1.165, 1.54) is 57.4 Å². The number of rotatable bonds is 17. The number of carbonyl (C=O) groups is 3. The lowest BCUT2D eigenvalue weighted by molar-refractivity contribution is -0.141. The largest absolute Gasteiger partial charge is 0.511 e. The number of nitrogens with two attached hydrogens (primary N) is 1. The second-order valence-electron chi connectivity index (χ2n) is 12.4. The van der Waals surface area contributed by atoms with Gasteiger partial charge in [-0.3, -0.25) is 4.79 Å². The molecule has 0 bridgehead atoms. The first-order chi connectivity index (χ1) is 26.7. The second-order valence-corrected chi connectivity index (χ2v) is 12.4. The molecule has 20 heteroatoms. The van der Waals surface area contributed by atoms with E-state index >= 15 is 4.39 Å². The first-order valence-corrected chi connectivity index (χ1v) is 16.8. The van der Waals surface area contributed by atoms with E-state index < -0.39 is 55.3 Å². The predicted octanol–water partition coefficient (Wildman–Crippen LogP) is 4.72. The number of hydrazine groups is 1. The van der Waals surface area contributed by atoms with Crippen molar-refractivity contribution in [2.75, 3.05) is 50.7 Å². The van der Waals surface area contributed by atoms with E-state index in [1.54, 1.807) is 37.3 Å². The lowest BCUT2D eigenvalue weighted by Gasteiger charge is -2.27. The number of esters is 1. The van der Waals surface area contributed by atoms with E-state index in [1.807, 2.05) is 0 Å². The molecular formula is C36H42F2N8O10. The van der Waals surface area contributed by atoms with Gasteiger partial charge in [0.2, 0.25) is 12.7 Å². The van der Waals surface area contributed by atoms with Crippen molar-refractivity contribution >= 4 is 41.7 Å². The second kappa shape index (κ2) is 19.7. The molecular weight excluding hydrogens is 742 g/mol. The summed E-state index contributed by atoms with van der Waals surface area (Å²) in [4.78, 5) is 52.4. The Morgan fingerprint density at radius 3 is 2.43 bits per heavy atom. The van der Waals surface area contributed by atoms with Crippen LogP contribution in [0.15, 0.2) is 77.0 Å². The van der Waals surface area contributed by atoms with Gasteiger partial charge in [-0.25, -0.2) is 33.3 Å². The van der Waals surface area contributed by atoms with Crippen LogP contribution in [0.1, 0.15) is 44.9 Å². The van der Waals surface area contributed by atoms with E-state index in [4.69, 9.17) is 38.9 Å². The Bertz CT molecular complexity index is 1920. The molecule has 1 aliphatic rings. The number of alkyl halides is 1. The number of ether oxygens (including phenoxy) is 7. The van der Waals surface area contributed by atoms with Crippen LogP contribution in [0.5, 0.6) is 11.5 Å². The van der Waals surface area contributed by atoms with Crippen molar-refractivity contribution in [2.24, 2.45) is 15.7 Å². The third kappa shape index (κ3) is 12.2. The minimum Gasteiger partial charge on any atom is -0.497 e. The first kappa shape index (κ1) is 42.2. The quantitative estimate of drug-likeness (QED) is 0.0321. The van der Waals surface area contributed by atoms with Crippen LogP contribution >= 0.6 is 0 Å². The molecule has 0 saturated carbocycles. The van der Waals surface area contributed by atoms with Gasteiger partial charge in [0, 0.05) is 42.2 Å². The summed E-state index contributed by atoms with van der Waals surface area (Å²) >= 11 is 0. The molecule has 1 aromatic heterocycles. The molecule has 4 N–H and O–H groups in total. The summed E-state index contributed by atoms with van der Waals surface area (Å²) in [7, 11) is 1.38. The van der Waals surface area contributed by atoms with Crippen molar-refractivity contribution in [3.8, 4) is 11.5 Å². The molecule has 4 rings (SSSR count). The molecule has 2 aromatic carbocycles. The smallest absolute Gasteiger partial charge is 0.497 e. The molecule has 1 amide bonds. The van der Waals surface area contributed by atoms with Crippen molar-refractivity contribution in [3.63, 3.8) is 0 Å². The number of methoxy groups -OCH3 is 1. The van der Waals surface area contributed by atoms with Gasteiger partial charge < -0.3 is 44.2 Å². The van der Waals surface area contributed by atoms with Crippen molar-refractivity contribution in [2.45, 2.75) is 45.5 Å². The topological polar surface area (TPSA) is 220 Å². The minimum absolute atomic E-state index is 0.0121. The average Bonchev–Trinajstić information content (AvgIpc) is 3.59. The molecule has 0 fully saturated rings. The minimum atomic E-state index is -1.44. The number of anilines is 2. The monoisotopic (exact) mass is 784 g/mol. The standard InChI is InChI=1S/C36H42F2N8O10/c1-21(2)18-53-34(48)43-30(39)23-8-10-24(11-9-23)42-29(26-16-25(50-6)17-27(28(26)38)52-15-14-51-22(3)47)31-44-33(46(45-31)32-40-12-7-13-41-32)54-20-55-35(49)56-36(4,5)19-37/h7-13,16-17,29,31,42,45H,1,14-15,18-20H2,2-6H3,(H2,39,43,48)/t29-,31?/m1/s1. The molecule has 0 spiro atoms. The lowest BCUT2D eigenvalue weighted by Crippen LogP contribution is -2.46. The molecule has 0 saturated heterocycles. The summed E-state index contributed by atoms with van der Waals surface area (Å²) in [6.07, 6.45) is -0.301. The van der Waals surface area contributed by atoms with Crippen LogP contribution in [0.3, 0.4) is 0 Å². The maximum Gasteiger partial charge on any atom is 0.511 e. The van der Waals surface area contributed by atoms with Gasteiger partial charge in [0.1, 0.15) is 49.8 Å². The maximum atomic E-state index is 16.5. The van der Waals surface area contributed by atoms with E-state index in [0.29, 0.717) is 16.8 Å². The first-order valence-electron chi connectivity index (χ1n) is 16.8. The number of hydrogen-bond acceptors (Lipinski definition) is 16. The number of amides is 1. The van der Waals surface area contributed by atoms with E-state index in [-0.39, 0.29) is 54.7 Å². The normalized spacial score (nSPS) is 14.6. The van der Waals surface area contributed by atoms with Crippen molar-refractivity contribution in [1.82, 2.24) is 15.4 Å². The zero-order valence-corrected chi connectivity index (χ0v) is 31.2. The van der Waals surface area contributed by atoms with Gasteiger partial charge in [0.15, 0.2) is 11.6 Å². The molecule has 2 heterocycles. The summed E-state index contributed by atoms with van der Waals surface area (Å²) in [5.41, 5.74) is 9.10. The fourth-order valence-corrected chi connectivity index (χ4v) is 4.61. The van der Waals surface area contributed by atoms with Gasteiger partial charge in [-0.15, -0.1) is 0 Å². The van der Waals surface area contributed by atoms with Gasteiger partial charge in [-0.05, 0) is 62.7 Å². The fraction of sp³-hybridized carbons (Fsp3) is 0.361. The molecule has 0 aliphatic carbocycles. The zero-order valence-electron chi connectivity index (χ0n) is 31.2. The maximum absolute atomic E-state index is 16.5. The number of halogens is 2. The Hall–Kier alpha value is -6.57. The highest BCUT2D eigenvalue weighted by Gasteiger charge is 2.38. The summed E-state index contributed by atoms with van der Waals surface area (Å²) in [6.45, 7) is 7.29. The Labute approximate surface area is 320 Å². The van der Waals surface area contributed by atoms with Crippen LogP contribution in [0, 0.1) is 5.82 Å². The van der Waals surface area contributed by atoms with E-state index in [9.17, 15) is 18.8 Å². The molecule has 0 radical (unpaired) electrons. The number of amidine groups is 2. The van der Waals surface area contributed by atoms with Crippen LogP contribution in [-0.4, -0.2) is 92.2 Å². The third-order valence-electron chi connectivity index (χ3n) is 7.23. The van der Waals surface area contributed by atoms with E-state index in [0.717, 1.165) is 0 Å². The number of nitrogens with one attached hydrogen (secondary N) is 2. The summed E-state index contributed by atoms with van der Waals surface area (Å²) in [6, 6.07) is 9.35. The number of hydrogen-bond donors (Lipinski definition) is 3. The van der Waals surface area contributed by atoms with Gasteiger partial charge in [-0.1, -0.05) is 6.58 Å². The van der Waals surface area contributed by atoms with Crippen molar-refractivity contribution in [3.05, 3.63) is 84.0 Å². The zero-order chi connectivity index (χ0) is 40.8. The molecule has 300 valence electrons.